The van der Waals surface area contributed by atoms with Gasteiger partial charge in [0.15, 0.2) is 0 Å². The van der Waals surface area contributed by atoms with Crippen molar-refractivity contribution < 1.29 is 4.39 Å². The summed E-state index contributed by atoms with van der Waals surface area (Å²) < 4.78 is 13.4. The molecule has 3 heterocycles. The predicted octanol–water partition coefficient (Wildman–Crippen LogP) is 3.63. The highest BCUT2D eigenvalue weighted by Gasteiger charge is 2.33. The standard InChI is InChI=1S/C22H25FN6/c1-22(2)13-24-10-9-18(22)14-3-6-16(7-4-14)29-12-20(26-28-29)21-17-8-5-15(23)11-19(17)25-27-21/h3-8,11-12,18,24,26,28H,9-10,13H2,1-2H3,(H,25,27). The number of hydrazine groups is 2. The zero-order valence-electron chi connectivity index (χ0n) is 16.6. The average Bonchev–Trinajstić information content (AvgIpc) is 3.34. The lowest BCUT2D eigenvalue weighted by Crippen LogP contribution is -2.41. The Balaban J connectivity index is 1.38. The third-order valence-corrected chi connectivity index (χ3v) is 6.06. The number of H-pyrrole nitrogens is 1. The molecule has 3 aromatic rings. The van der Waals surface area contributed by atoms with Gasteiger partial charge in [-0.25, -0.2) is 4.39 Å². The summed E-state index contributed by atoms with van der Waals surface area (Å²) in [5.41, 5.74) is 11.2. The van der Waals surface area contributed by atoms with Crippen molar-refractivity contribution in [2.24, 2.45) is 5.41 Å². The van der Waals surface area contributed by atoms with Crippen LogP contribution < -0.4 is 21.3 Å². The number of nitrogens with zero attached hydrogens (tertiary/aromatic N) is 2. The van der Waals surface area contributed by atoms with Crippen molar-refractivity contribution in [1.29, 1.82) is 0 Å². The van der Waals surface area contributed by atoms with Gasteiger partial charge >= 0.3 is 0 Å². The molecular formula is C22H25FN6. The Hall–Kier alpha value is -2.90. The molecule has 1 saturated heterocycles. The zero-order valence-corrected chi connectivity index (χ0v) is 16.6. The maximum absolute atomic E-state index is 13.4. The number of aromatic nitrogens is 2. The zero-order chi connectivity index (χ0) is 20.0. The van der Waals surface area contributed by atoms with E-state index in [4.69, 9.17) is 0 Å². The van der Waals surface area contributed by atoms with Crippen molar-refractivity contribution >= 4 is 22.3 Å². The summed E-state index contributed by atoms with van der Waals surface area (Å²) >= 11 is 0. The van der Waals surface area contributed by atoms with Crippen LogP contribution in [-0.4, -0.2) is 23.3 Å². The molecule has 7 heteroatoms. The van der Waals surface area contributed by atoms with Gasteiger partial charge in [-0.1, -0.05) is 26.0 Å². The molecule has 4 N–H and O–H groups in total. The van der Waals surface area contributed by atoms with Crippen LogP contribution in [0.4, 0.5) is 10.1 Å². The molecule has 0 aliphatic carbocycles. The van der Waals surface area contributed by atoms with Gasteiger partial charge in [0.25, 0.3) is 0 Å². The Labute approximate surface area is 169 Å². The molecule has 29 heavy (non-hydrogen) atoms. The van der Waals surface area contributed by atoms with E-state index < -0.39 is 0 Å². The maximum atomic E-state index is 13.4. The summed E-state index contributed by atoms with van der Waals surface area (Å²) in [5, 5.41) is 13.5. The molecule has 2 aliphatic rings. The highest BCUT2D eigenvalue weighted by atomic mass is 19.1. The number of rotatable bonds is 3. The number of halogens is 1. The van der Waals surface area contributed by atoms with E-state index in [9.17, 15) is 4.39 Å². The molecule has 0 bridgehead atoms. The van der Waals surface area contributed by atoms with E-state index in [-0.39, 0.29) is 11.2 Å². The van der Waals surface area contributed by atoms with Gasteiger partial charge in [0.1, 0.15) is 11.5 Å². The lowest BCUT2D eigenvalue weighted by Gasteiger charge is -2.39. The first-order valence-electron chi connectivity index (χ1n) is 9.99. The quantitative estimate of drug-likeness (QED) is 0.548. The molecule has 2 aromatic carbocycles. The Bertz CT molecular complexity index is 1070. The lowest BCUT2D eigenvalue weighted by molar-refractivity contribution is 0.219. The number of piperidine rings is 1. The van der Waals surface area contributed by atoms with Crippen LogP contribution in [0.3, 0.4) is 0 Å². The molecule has 5 rings (SSSR count). The molecular weight excluding hydrogens is 367 g/mol. The average molecular weight is 392 g/mol. The topological polar surface area (TPSA) is 68.0 Å². The van der Waals surface area contributed by atoms with Gasteiger partial charge in [0, 0.05) is 11.9 Å². The Morgan fingerprint density at radius 2 is 1.97 bits per heavy atom. The monoisotopic (exact) mass is 392 g/mol. The van der Waals surface area contributed by atoms with Crippen molar-refractivity contribution in [3.63, 3.8) is 0 Å². The maximum Gasteiger partial charge on any atom is 0.125 e. The third kappa shape index (κ3) is 3.26. The number of nitrogens with one attached hydrogen (secondary N) is 4. The van der Waals surface area contributed by atoms with Crippen molar-refractivity contribution in [2.75, 3.05) is 18.1 Å². The molecule has 1 unspecified atom stereocenters. The molecule has 0 radical (unpaired) electrons. The molecule has 6 nitrogen and oxygen atoms in total. The van der Waals surface area contributed by atoms with E-state index in [1.807, 2.05) is 11.2 Å². The summed E-state index contributed by atoms with van der Waals surface area (Å²) in [7, 11) is 0. The smallest absolute Gasteiger partial charge is 0.125 e. The van der Waals surface area contributed by atoms with E-state index in [0.29, 0.717) is 11.4 Å². The molecule has 0 amide bonds. The Kier molecular flexibility index (Phi) is 4.29. The van der Waals surface area contributed by atoms with Gasteiger partial charge in [0.05, 0.1) is 23.1 Å². The van der Waals surface area contributed by atoms with E-state index in [1.165, 1.54) is 17.7 Å². The fourth-order valence-corrected chi connectivity index (χ4v) is 4.43. The van der Waals surface area contributed by atoms with Crippen LogP contribution in [0.15, 0.2) is 48.7 Å². The lowest BCUT2D eigenvalue weighted by atomic mass is 9.71. The summed E-state index contributed by atoms with van der Waals surface area (Å²) in [6.07, 6.45) is 3.12. The van der Waals surface area contributed by atoms with Crippen LogP contribution in [0.5, 0.6) is 0 Å². The van der Waals surface area contributed by atoms with E-state index in [2.05, 4.69) is 64.6 Å². The molecule has 1 atom stereocenters. The number of anilines is 1. The number of hydrogen-bond acceptors (Lipinski definition) is 5. The van der Waals surface area contributed by atoms with Crippen LogP contribution in [-0.2, 0) is 0 Å². The van der Waals surface area contributed by atoms with Gasteiger partial charge in [0.2, 0.25) is 0 Å². The number of aromatic amines is 1. The summed E-state index contributed by atoms with van der Waals surface area (Å²) in [6.45, 7) is 6.78. The van der Waals surface area contributed by atoms with Gasteiger partial charge < -0.3 is 5.32 Å². The Morgan fingerprint density at radius 3 is 2.76 bits per heavy atom. The fraction of sp³-hybridized carbons (Fsp3) is 0.318. The van der Waals surface area contributed by atoms with Gasteiger partial charge in [-0.05, 0) is 60.2 Å². The largest absolute Gasteiger partial charge is 0.316 e. The molecule has 1 fully saturated rings. The van der Waals surface area contributed by atoms with E-state index in [0.717, 1.165) is 42.0 Å². The summed E-state index contributed by atoms with van der Waals surface area (Å²) in [4.78, 5) is 0. The second kappa shape index (κ2) is 6.86. The highest BCUT2D eigenvalue weighted by molar-refractivity contribution is 5.90. The first-order chi connectivity index (χ1) is 14.0. The van der Waals surface area contributed by atoms with Crippen LogP contribution in [0.2, 0.25) is 0 Å². The first kappa shape index (κ1) is 18.1. The van der Waals surface area contributed by atoms with Gasteiger partial charge in [-0.3, -0.25) is 15.5 Å². The molecule has 150 valence electrons. The van der Waals surface area contributed by atoms with Gasteiger partial charge in [-0.15, -0.1) is 5.53 Å². The first-order valence-corrected chi connectivity index (χ1v) is 9.99. The minimum Gasteiger partial charge on any atom is -0.316 e. The minimum absolute atomic E-state index is 0.251. The fourth-order valence-electron chi connectivity index (χ4n) is 4.43. The van der Waals surface area contributed by atoms with Gasteiger partial charge in [-0.2, -0.15) is 5.10 Å². The number of benzene rings is 2. The van der Waals surface area contributed by atoms with Crippen LogP contribution >= 0.6 is 0 Å². The minimum atomic E-state index is -0.280. The normalized spacial score (nSPS) is 21.3. The van der Waals surface area contributed by atoms with Crippen molar-refractivity contribution in [3.8, 4) is 0 Å². The van der Waals surface area contributed by atoms with Crippen molar-refractivity contribution in [3.05, 3.63) is 65.7 Å². The molecule has 0 spiro atoms. The molecule has 1 aromatic heterocycles. The predicted molar refractivity (Wildman–Crippen MR) is 113 cm³/mol. The van der Waals surface area contributed by atoms with E-state index >= 15 is 0 Å². The summed E-state index contributed by atoms with van der Waals surface area (Å²) in [6, 6.07) is 13.4. The molecule has 0 saturated carbocycles. The van der Waals surface area contributed by atoms with Crippen LogP contribution in [0, 0.1) is 11.2 Å². The van der Waals surface area contributed by atoms with Crippen LogP contribution in [0.1, 0.15) is 37.4 Å². The van der Waals surface area contributed by atoms with Crippen molar-refractivity contribution in [2.45, 2.75) is 26.2 Å². The highest BCUT2D eigenvalue weighted by Crippen LogP contribution is 2.40. The van der Waals surface area contributed by atoms with Crippen LogP contribution in [0.25, 0.3) is 16.6 Å². The number of hydrogen-bond donors (Lipinski definition) is 4. The van der Waals surface area contributed by atoms with E-state index in [1.54, 1.807) is 6.07 Å². The summed E-state index contributed by atoms with van der Waals surface area (Å²) in [5.74, 6) is 0.280. The second-order valence-electron chi connectivity index (χ2n) is 8.51. The third-order valence-electron chi connectivity index (χ3n) is 6.06. The van der Waals surface area contributed by atoms with Crippen molar-refractivity contribution in [1.82, 2.24) is 26.5 Å². The second-order valence-corrected chi connectivity index (χ2v) is 8.51. The number of fused-ring (bicyclic) bond motifs is 1. The Morgan fingerprint density at radius 1 is 1.14 bits per heavy atom. The molecule has 2 aliphatic heterocycles. The SMILES string of the molecule is CC1(C)CNCCC1c1ccc(N2C=C(c3n[nH]c4cc(F)ccc34)NN2)cc1.